The predicted molar refractivity (Wildman–Crippen MR) is 64.7 cm³/mol. The molecule has 1 aliphatic heterocycles. The molecule has 2 nitrogen and oxygen atoms in total. The van der Waals surface area contributed by atoms with Gasteiger partial charge in [-0.1, -0.05) is 27.2 Å². The second-order valence-electron chi connectivity index (χ2n) is 6.45. The summed E-state index contributed by atoms with van der Waals surface area (Å²) < 4.78 is 0. The molecule has 0 aromatic rings. The first-order chi connectivity index (χ1) is 6.99. The highest BCUT2D eigenvalue weighted by Crippen LogP contribution is 2.41. The third-order valence-corrected chi connectivity index (χ3v) is 4.36. The van der Waals surface area contributed by atoms with Gasteiger partial charge in [0.15, 0.2) is 0 Å². The number of likely N-dealkylation sites (tertiary alicyclic amines) is 1. The molecule has 1 heterocycles. The summed E-state index contributed by atoms with van der Waals surface area (Å²) in [5.74, 6) is 0.783. The molecule has 1 saturated carbocycles. The van der Waals surface area contributed by atoms with Gasteiger partial charge in [-0.25, -0.2) is 0 Å². The molecule has 0 spiro atoms. The van der Waals surface area contributed by atoms with Crippen molar-refractivity contribution in [2.75, 3.05) is 13.1 Å². The van der Waals surface area contributed by atoms with E-state index < -0.39 is 0 Å². The van der Waals surface area contributed by atoms with Gasteiger partial charge in [0, 0.05) is 25.2 Å². The van der Waals surface area contributed by atoms with Gasteiger partial charge in [-0.05, 0) is 30.6 Å². The quantitative estimate of drug-likeness (QED) is 0.719. The minimum atomic E-state index is 0.408. The SMILES string of the molecule is CC1CC(N)CN(C2CCCC2(C)C)C1. The van der Waals surface area contributed by atoms with Crippen molar-refractivity contribution in [2.45, 2.75) is 58.5 Å². The van der Waals surface area contributed by atoms with E-state index >= 15 is 0 Å². The topological polar surface area (TPSA) is 29.3 Å². The van der Waals surface area contributed by atoms with Crippen LogP contribution in [0.3, 0.4) is 0 Å². The van der Waals surface area contributed by atoms with Gasteiger partial charge in [0.1, 0.15) is 0 Å². The number of nitrogens with zero attached hydrogens (tertiary/aromatic N) is 1. The highest BCUT2D eigenvalue weighted by atomic mass is 15.2. The van der Waals surface area contributed by atoms with E-state index in [1.807, 2.05) is 0 Å². The lowest BCUT2D eigenvalue weighted by molar-refractivity contribution is 0.0631. The van der Waals surface area contributed by atoms with E-state index in [0.717, 1.165) is 18.5 Å². The fourth-order valence-electron chi connectivity index (χ4n) is 3.68. The Balaban J connectivity index is 2.03. The van der Waals surface area contributed by atoms with E-state index in [-0.39, 0.29) is 0 Å². The van der Waals surface area contributed by atoms with Crippen molar-refractivity contribution < 1.29 is 0 Å². The van der Waals surface area contributed by atoms with E-state index in [1.165, 1.54) is 32.2 Å². The van der Waals surface area contributed by atoms with Gasteiger partial charge in [-0.15, -0.1) is 0 Å². The third kappa shape index (κ3) is 2.36. The van der Waals surface area contributed by atoms with Crippen LogP contribution in [0.25, 0.3) is 0 Å². The smallest absolute Gasteiger partial charge is 0.0170 e. The Kier molecular flexibility index (Phi) is 3.09. The molecule has 3 atom stereocenters. The molecule has 2 heteroatoms. The zero-order valence-electron chi connectivity index (χ0n) is 10.5. The summed E-state index contributed by atoms with van der Waals surface area (Å²) in [4.78, 5) is 2.67. The molecular formula is C13H26N2. The molecule has 3 unspecified atom stereocenters. The number of nitrogens with two attached hydrogens (primary N) is 1. The average Bonchev–Trinajstić information content (AvgIpc) is 2.43. The number of rotatable bonds is 1. The van der Waals surface area contributed by atoms with Gasteiger partial charge in [0.25, 0.3) is 0 Å². The van der Waals surface area contributed by atoms with Crippen LogP contribution in [0.2, 0.25) is 0 Å². The van der Waals surface area contributed by atoms with Crippen molar-refractivity contribution in [3.63, 3.8) is 0 Å². The lowest BCUT2D eigenvalue weighted by Crippen LogP contribution is -2.53. The Morgan fingerprint density at radius 1 is 1.27 bits per heavy atom. The lowest BCUT2D eigenvalue weighted by Gasteiger charge is -2.43. The molecule has 1 aliphatic carbocycles. The molecule has 0 amide bonds. The molecule has 0 aromatic carbocycles. The molecule has 15 heavy (non-hydrogen) atoms. The minimum Gasteiger partial charge on any atom is -0.327 e. The zero-order chi connectivity index (χ0) is 11.1. The molecule has 0 aromatic heterocycles. The first kappa shape index (κ1) is 11.4. The number of hydrogen-bond acceptors (Lipinski definition) is 2. The van der Waals surface area contributed by atoms with Crippen LogP contribution in [0.4, 0.5) is 0 Å². The molecule has 88 valence electrons. The monoisotopic (exact) mass is 210 g/mol. The van der Waals surface area contributed by atoms with Crippen molar-refractivity contribution in [3.05, 3.63) is 0 Å². The van der Waals surface area contributed by atoms with Crippen LogP contribution < -0.4 is 5.73 Å². The van der Waals surface area contributed by atoms with Gasteiger partial charge < -0.3 is 5.73 Å². The van der Waals surface area contributed by atoms with E-state index in [0.29, 0.717) is 11.5 Å². The second-order valence-corrected chi connectivity index (χ2v) is 6.45. The van der Waals surface area contributed by atoms with Crippen LogP contribution in [0, 0.1) is 11.3 Å². The maximum atomic E-state index is 6.13. The highest BCUT2D eigenvalue weighted by Gasteiger charge is 2.40. The summed E-state index contributed by atoms with van der Waals surface area (Å²) in [6.45, 7) is 9.58. The Bertz CT molecular complexity index is 215. The van der Waals surface area contributed by atoms with E-state index in [2.05, 4.69) is 25.7 Å². The zero-order valence-corrected chi connectivity index (χ0v) is 10.5. The van der Waals surface area contributed by atoms with Gasteiger partial charge in [-0.3, -0.25) is 4.90 Å². The Morgan fingerprint density at radius 2 is 2.00 bits per heavy atom. The van der Waals surface area contributed by atoms with E-state index in [9.17, 15) is 0 Å². The largest absolute Gasteiger partial charge is 0.327 e. The van der Waals surface area contributed by atoms with Gasteiger partial charge in [0.2, 0.25) is 0 Å². The molecule has 0 bridgehead atoms. The molecule has 2 aliphatic rings. The Hall–Kier alpha value is -0.0800. The first-order valence-electron chi connectivity index (χ1n) is 6.48. The maximum Gasteiger partial charge on any atom is 0.0170 e. The Morgan fingerprint density at radius 3 is 2.53 bits per heavy atom. The summed E-state index contributed by atoms with van der Waals surface area (Å²) in [6, 6.07) is 1.19. The van der Waals surface area contributed by atoms with E-state index in [4.69, 9.17) is 5.73 Å². The summed E-state index contributed by atoms with van der Waals surface area (Å²) in [5.41, 5.74) is 6.64. The third-order valence-electron chi connectivity index (χ3n) is 4.36. The van der Waals surface area contributed by atoms with Crippen molar-refractivity contribution in [1.29, 1.82) is 0 Å². The summed E-state index contributed by atoms with van der Waals surface area (Å²) in [5, 5.41) is 0. The van der Waals surface area contributed by atoms with Crippen LogP contribution in [-0.4, -0.2) is 30.1 Å². The molecular weight excluding hydrogens is 184 g/mol. The molecule has 2 fully saturated rings. The standard InChI is InChI=1S/C13H26N2/c1-10-7-11(14)9-15(8-10)12-5-4-6-13(12,2)3/h10-12H,4-9,14H2,1-3H3. The van der Waals surface area contributed by atoms with Crippen LogP contribution >= 0.6 is 0 Å². The number of piperidine rings is 1. The van der Waals surface area contributed by atoms with Crippen molar-refractivity contribution in [2.24, 2.45) is 17.1 Å². The van der Waals surface area contributed by atoms with Crippen LogP contribution in [0.15, 0.2) is 0 Å². The van der Waals surface area contributed by atoms with Gasteiger partial charge in [-0.2, -0.15) is 0 Å². The van der Waals surface area contributed by atoms with Crippen molar-refractivity contribution >= 4 is 0 Å². The summed E-state index contributed by atoms with van der Waals surface area (Å²) in [6.07, 6.45) is 5.38. The van der Waals surface area contributed by atoms with Crippen LogP contribution in [0.1, 0.15) is 46.5 Å². The van der Waals surface area contributed by atoms with Crippen molar-refractivity contribution in [3.8, 4) is 0 Å². The predicted octanol–water partition coefficient (Wildman–Crippen LogP) is 2.23. The molecule has 1 saturated heterocycles. The van der Waals surface area contributed by atoms with Crippen LogP contribution in [0.5, 0.6) is 0 Å². The number of hydrogen-bond donors (Lipinski definition) is 1. The van der Waals surface area contributed by atoms with E-state index in [1.54, 1.807) is 0 Å². The molecule has 2 N–H and O–H groups in total. The van der Waals surface area contributed by atoms with Gasteiger partial charge in [0.05, 0.1) is 0 Å². The van der Waals surface area contributed by atoms with Crippen molar-refractivity contribution in [1.82, 2.24) is 4.90 Å². The normalized spacial score (nSPS) is 42.0. The Labute approximate surface area is 94.2 Å². The molecule has 2 rings (SSSR count). The minimum absolute atomic E-state index is 0.408. The lowest BCUT2D eigenvalue weighted by atomic mass is 9.84. The average molecular weight is 210 g/mol. The summed E-state index contributed by atoms with van der Waals surface area (Å²) >= 11 is 0. The fourth-order valence-corrected chi connectivity index (χ4v) is 3.68. The first-order valence-corrected chi connectivity index (χ1v) is 6.48. The maximum absolute atomic E-state index is 6.13. The van der Waals surface area contributed by atoms with Crippen LogP contribution in [-0.2, 0) is 0 Å². The van der Waals surface area contributed by atoms with Gasteiger partial charge >= 0.3 is 0 Å². The summed E-state index contributed by atoms with van der Waals surface area (Å²) in [7, 11) is 0. The molecule has 0 radical (unpaired) electrons. The highest BCUT2D eigenvalue weighted by molar-refractivity contribution is 4.95. The fraction of sp³-hybridized carbons (Fsp3) is 1.00. The second kappa shape index (κ2) is 4.06.